The first-order chi connectivity index (χ1) is 9.58. The van der Waals surface area contributed by atoms with Crippen LogP contribution in [0.3, 0.4) is 0 Å². The number of nitrogens with one attached hydrogen (secondary N) is 1. The maximum Gasteiger partial charge on any atom is 0.239 e. The molecule has 1 aromatic rings. The summed E-state index contributed by atoms with van der Waals surface area (Å²) in [5.41, 5.74) is 6.89. The van der Waals surface area contributed by atoms with Crippen molar-refractivity contribution in [1.29, 1.82) is 0 Å². The Bertz CT molecular complexity index is 498. The van der Waals surface area contributed by atoms with E-state index in [1.165, 1.54) is 12.8 Å². The lowest BCUT2D eigenvalue weighted by Crippen LogP contribution is -2.31. The number of carbonyl (C=O) groups is 1. The lowest BCUT2D eigenvalue weighted by Gasteiger charge is -2.15. The van der Waals surface area contributed by atoms with Crippen LogP contribution < -0.4 is 11.1 Å². The van der Waals surface area contributed by atoms with E-state index < -0.39 is 16.0 Å². The van der Waals surface area contributed by atoms with Gasteiger partial charge in [-0.1, -0.05) is 25.0 Å². The van der Waals surface area contributed by atoms with Crippen molar-refractivity contribution in [2.24, 2.45) is 5.92 Å². The van der Waals surface area contributed by atoms with E-state index in [9.17, 15) is 9.00 Å². The first kappa shape index (κ1) is 15.0. The van der Waals surface area contributed by atoms with Gasteiger partial charge in [0, 0.05) is 16.6 Å². The predicted molar refractivity (Wildman–Crippen MR) is 83.9 cm³/mol. The van der Waals surface area contributed by atoms with Crippen LogP contribution in [0, 0.1) is 5.92 Å². The van der Waals surface area contributed by atoms with Gasteiger partial charge in [-0.25, -0.2) is 0 Å². The monoisotopic (exact) mass is 294 g/mol. The zero-order valence-corrected chi connectivity index (χ0v) is 12.6. The van der Waals surface area contributed by atoms with Crippen molar-refractivity contribution in [2.45, 2.75) is 37.9 Å². The second-order valence-corrected chi connectivity index (χ2v) is 7.22. The molecule has 1 aliphatic carbocycles. The molecule has 2 atom stereocenters. The Morgan fingerprint density at radius 3 is 2.70 bits per heavy atom. The van der Waals surface area contributed by atoms with E-state index >= 15 is 0 Å². The zero-order valence-electron chi connectivity index (χ0n) is 11.8. The van der Waals surface area contributed by atoms with Crippen LogP contribution in [0.15, 0.2) is 24.3 Å². The normalized spacial score (nSPS) is 18.6. The van der Waals surface area contributed by atoms with Gasteiger partial charge in [0.1, 0.15) is 5.25 Å². The summed E-state index contributed by atoms with van der Waals surface area (Å²) in [6, 6.07) is 7.11. The molecule has 0 heterocycles. The first-order valence-corrected chi connectivity index (χ1v) is 8.48. The molecule has 2 unspecified atom stereocenters. The number of nitrogens with two attached hydrogens (primary N) is 1. The van der Waals surface area contributed by atoms with E-state index in [1.54, 1.807) is 19.1 Å². The molecule has 0 spiro atoms. The van der Waals surface area contributed by atoms with E-state index in [0.717, 1.165) is 12.8 Å². The first-order valence-electron chi connectivity index (χ1n) is 7.10. The minimum absolute atomic E-state index is 0.223. The van der Waals surface area contributed by atoms with Gasteiger partial charge in [-0.3, -0.25) is 9.00 Å². The number of carbonyl (C=O) groups excluding carboxylic acids is 1. The van der Waals surface area contributed by atoms with Crippen molar-refractivity contribution in [1.82, 2.24) is 0 Å². The number of anilines is 2. The summed E-state index contributed by atoms with van der Waals surface area (Å²) < 4.78 is 12.2. The van der Waals surface area contributed by atoms with Gasteiger partial charge in [-0.2, -0.15) is 0 Å². The number of hydrogen-bond acceptors (Lipinski definition) is 3. The highest BCUT2D eigenvalue weighted by Crippen LogP contribution is 2.26. The van der Waals surface area contributed by atoms with Crippen molar-refractivity contribution >= 4 is 28.1 Å². The van der Waals surface area contributed by atoms with Gasteiger partial charge in [-0.15, -0.1) is 0 Å². The Hall–Kier alpha value is -1.36. The Morgan fingerprint density at radius 1 is 1.40 bits per heavy atom. The summed E-state index contributed by atoms with van der Waals surface area (Å²) in [6.45, 7) is 1.72. The molecular weight excluding hydrogens is 272 g/mol. The van der Waals surface area contributed by atoms with Crippen LogP contribution in [0.2, 0.25) is 0 Å². The number of nitrogen functional groups attached to an aromatic ring is 1. The van der Waals surface area contributed by atoms with Crippen LogP contribution in [0.4, 0.5) is 11.4 Å². The van der Waals surface area contributed by atoms with E-state index in [2.05, 4.69) is 5.32 Å². The number of benzene rings is 1. The lowest BCUT2D eigenvalue weighted by atomic mass is 10.1. The lowest BCUT2D eigenvalue weighted by molar-refractivity contribution is -0.115. The number of hydrogen-bond donors (Lipinski definition) is 2. The van der Waals surface area contributed by atoms with Crippen molar-refractivity contribution in [3.05, 3.63) is 24.3 Å². The third kappa shape index (κ3) is 3.82. The largest absolute Gasteiger partial charge is 0.397 e. The smallest absolute Gasteiger partial charge is 0.239 e. The summed E-state index contributed by atoms with van der Waals surface area (Å²) in [5, 5.41) is 2.25. The molecule has 0 aliphatic heterocycles. The molecule has 20 heavy (non-hydrogen) atoms. The highest BCUT2D eigenvalue weighted by molar-refractivity contribution is 7.86. The van der Waals surface area contributed by atoms with Crippen LogP contribution in [0.5, 0.6) is 0 Å². The SMILES string of the molecule is CC(C(=O)Nc1ccccc1N)S(=O)CC1CCCC1. The molecule has 2 rings (SSSR count). The van der Waals surface area contributed by atoms with Crippen molar-refractivity contribution in [2.75, 3.05) is 16.8 Å². The Kier molecular flexibility index (Phi) is 5.17. The summed E-state index contributed by atoms with van der Waals surface area (Å²) in [5.74, 6) is 0.936. The van der Waals surface area contributed by atoms with Crippen LogP contribution in [-0.2, 0) is 15.6 Å². The Balaban J connectivity index is 1.91. The van der Waals surface area contributed by atoms with Gasteiger partial charge in [0.15, 0.2) is 0 Å². The number of amides is 1. The third-order valence-electron chi connectivity index (χ3n) is 3.86. The molecular formula is C15H22N2O2S. The molecule has 1 aromatic carbocycles. The van der Waals surface area contributed by atoms with Gasteiger partial charge < -0.3 is 11.1 Å². The average Bonchev–Trinajstić information content (AvgIpc) is 2.93. The summed E-state index contributed by atoms with van der Waals surface area (Å²) in [7, 11) is -1.12. The fraction of sp³-hybridized carbons (Fsp3) is 0.533. The van der Waals surface area contributed by atoms with Gasteiger partial charge in [0.25, 0.3) is 0 Å². The average molecular weight is 294 g/mol. The predicted octanol–water partition coefficient (Wildman–Crippen LogP) is 2.53. The molecule has 1 aliphatic rings. The molecule has 0 saturated heterocycles. The minimum atomic E-state index is -1.12. The van der Waals surface area contributed by atoms with Gasteiger partial charge in [0.2, 0.25) is 5.91 Å². The Morgan fingerprint density at radius 2 is 2.05 bits per heavy atom. The maximum absolute atomic E-state index is 12.2. The van der Waals surface area contributed by atoms with Crippen molar-refractivity contribution in [3.63, 3.8) is 0 Å². The molecule has 4 nitrogen and oxygen atoms in total. The third-order valence-corrected chi connectivity index (χ3v) is 5.66. The zero-order chi connectivity index (χ0) is 14.5. The van der Waals surface area contributed by atoms with Crippen LogP contribution in [0.1, 0.15) is 32.6 Å². The maximum atomic E-state index is 12.2. The second kappa shape index (κ2) is 6.88. The molecule has 0 aromatic heterocycles. The quantitative estimate of drug-likeness (QED) is 0.820. The molecule has 110 valence electrons. The highest BCUT2D eigenvalue weighted by Gasteiger charge is 2.25. The van der Waals surface area contributed by atoms with E-state index in [1.807, 2.05) is 12.1 Å². The summed E-state index contributed by atoms with van der Waals surface area (Å²) >= 11 is 0. The molecule has 1 fully saturated rings. The van der Waals surface area contributed by atoms with Crippen LogP contribution in [0.25, 0.3) is 0 Å². The minimum Gasteiger partial charge on any atom is -0.397 e. The number of rotatable bonds is 5. The number of para-hydroxylation sites is 2. The standard InChI is InChI=1S/C15H22N2O2S/c1-11(20(19)10-12-6-2-3-7-12)15(18)17-14-9-5-4-8-13(14)16/h4-5,8-9,11-12H,2-3,6-7,10,16H2,1H3,(H,17,18). The van der Waals surface area contributed by atoms with Crippen LogP contribution in [-0.4, -0.2) is 21.1 Å². The molecule has 1 saturated carbocycles. The molecule has 3 N–H and O–H groups in total. The van der Waals surface area contributed by atoms with Crippen LogP contribution >= 0.6 is 0 Å². The molecule has 1 amide bonds. The molecule has 0 radical (unpaired) electrons. The fourth-order valence-corrected chi connectivity index (χ4v) is 3.90. The van der Waals surface area contributed by atoms with Gasteiger partial charge in [0.05, 0.1) is 11.4 Å². The van der Waals surface area contributed by atoms with E-state index in [-0.39, 0.29) is 5.91 Å². The second-order valence-electron chi connectivity index (χ2n) is 5.42. The van der Waals surface area contributed by atoms with Crippen molar-refractivity contribution < 1.29 is 9.00 Å². The van der Waals surface area contributed by atoms with Gasteiger partial charge >= 0.3 is 0 Å². The molecule has 5 heteroatoms. The van der Waals surface area contributed by atoms with E-state index in [4.69, 9.17) is 5.73 Å². The van der Waals surface area contributed by atoms with E-state index in [0.29, 0.717) is 23.0 Å². The fourth-order valence-electron chi connectivity index (χ4n) is 2.52. The molecule has 0 bridgehead atoms. The van der Waals surface area contributed by atoms with Crippen molar-refractivity contribution in [3.8, 4) is 0 Å². The highest BCUT2D eigenvalue weighted by atomic mass is 32.2. The Labute approximate surface area is 122 Å². The van der Waals surface area contributed by atoms with Gasteiger partial charge in [-0.05, 0) is 37.8 Å². The summed E-state index contributed by atoms with van der Waals surface area (Å²) in [4.78, 5) is 12.1. The topological polar surface area (TPSA) is 72.2 Å². The summed E-state index contributed by atoms with van der Waals surface area (Å²) in [6.07, 6.45) is 4.74.